The molecule has 1 aliphatic heterocycles. The highest BCUT2D eigenvalue weighted by Gasteiger charge is 2.38. The molecule has 1 aromatic carbocycles. The van der Waals surface area contributed by atoms with E-state index in [0.29, 0.717) is 25.1 Å². The molecule has 0 saturated carbocycles. The van der Waals surface area contributed by atoms with E-state index in [1.165, 1.54) is 29.6 Å². The summed E-state index contributed by atoms with van der Waals surface area (Å²) in [7, 11) is 0. The lowest BCUT2D eigenvalue weighted by Crippen LogP contribution is -2.57. The number of phenolic OH excluding ortho intramolecular Hbond substituents is 1. The maximum absolute atomic E-state index is 13.2. The van der Waals surface area contributed by atoms with Crippen LogP contribution in [0.15, 0.2) is 36.8 Å². The van der Waals surface area contributed by atoms with E-state index in [1.54, 1.807) is 12.1 Å². The number of rotatable bonds is 11. The van der Waals surface area contributed by atoms with E-state index in [4.69, 9.17) is 5.73 Å². The van der Waals surface area contributed by atoms with Crippen LogP contribution in [0.3, 0.4) is 0 Å². The van der Waals surface area contributed by atoms with Crippen LogP contribution in [0.1, 0.15) is 24.1 Å². The number of hydrogen-bond donors (Lipinski definition) is 7. The smallest absolute Gasteiger partial charge is 0.327 e. The Labute approximate surface area is 213 Å². The largest absolute Gasteiger partial charge is 0.508 e. The molecule has 12 nitrogen and oxygen atoms in total. The highest BCUT2D eigenvalue weighted by molar-refractivity contribution is 7.80. The highest BCUT2D eigenvalue weighted by atomic mass is 32.1. The summed E-state index contributed by atoms with van der Waals surface area (Å²) >= 11 is 3.95. The molecule has 13 heteroatoms. The molecule has 0 spiro atoms. The van der Waals surface area contributed by atoms with Crippen LogP contribution in [0.25, 0.3) is 0 Å². The normalized spacial score (nSPS) is 17.7. The minimum atomic E-state index is -1.25. The Kier molecular flexibility index (Phi) is 9.31. The number of phenols is 1. The quantitative estimate of drug-likeness (QED) is 0.188. The molecule has 4 atom stereocenters. The maximum Gasteiger partial charge on any atom is 0.327 e. The SMILES string of the molecule is NC(Cc1ccc(O)cc1)C(=O)N1CCCC1C(=O)NC(Cc1cnc[nH]1)C(=O)NC(CS)C(=O)O. The average Bonchev–Trinajstić information content (AvgIpc) is 3.55. The Hall–Kier alpha value is -3.58. The van der Waals surface area contributed by atoms with Gasteiger partial charge in [-0.05, 0) is 37.0 Å². The Morgan fingerprint density at radius 2 is 1.89 bits per heavy atom. The molecule has 36 heavy (non-hydrogen) atoms. The molecule has 7 N–H and O–H groups in total. The molecule has 3 amide bonds. The first-order valence-electron chi connectivity index (χ1n) is 11.4. The third-order valence-electron chi connectivity index (χ3n) is 5.96. The zero-order chi connectivity index (χ0) is 26.2. The minimum absolute atomic E-state index is 0.0392. The summed E-state index contributed by atoms with van der Waals surface area (Å²) in [4.78, 5) is 58.6. The van der Waals surface area contributed by atoms with Gasteiger partial charge in [-0.1, -0.05) is 12.1 Å². The number of aromatic hydroxyl groups is 1. The first kappa shape index (κ1) is 27.0. The van der Waals surface area contributed by atoms with Gasteiger partial charge in [0.2, 0.25) is 17.7 Å². The molecule has 1 aromatic heterocycles. The van der Waals surface area contributed by atoms with Crippen LogP contribution in [-0.2, 0) is 32.0 Å². The van der Waals surface area contributed by atoms with Crippen LogP contribution in [0, 0.1) is 0 Å². The van der Waals surface area contributed by atoms with Crippen molar-refractivity contribution in [3.8, 4) is 5.75 Å². The fourth-order valence-corrected chi connectivity index (χ4v) is 4.29. The number of carboxylic acids is 1. The third-order valence-corrected chi connectivity index (χ3v) is 6.32. The van der Waals surface area contributed by atoms with Gasteiger partial charge in [0, 0.05) is 30.6 Å². The van der Waals surface area contributed by atoms with Crippen molar-refractivity contribution < 1.29 is 29.4 Å². The number of hydrogen-bond acceptors (Lipinski definition) is 8. The van der Waals surface area contributed by atoms with Crippen LogP contribution in [0.5, 0.6) is 5.75 Å². The van der Waals surface area contributed by atoms with Crippen molar-refractivity contribution in [2.75, 3.05) is 12.3 Å². The second kappa shape index (κ2) is 12.4. The first-order chi connectivity index (χ1) is 17.2. The van der Waals surface area contributed by atoms with Crippen molar-refractivity contribution in [3.05, 3.63) is 48.0 Å². The molecule has 1 aliphatic rings. The predicted octanol–water partition coefficient (Wildman–Crippen LogP) is -0.797. The fourth-order valence-electron chi connectivity index (χ4n) is 4.04. The zero-order valence-electron chi connectivity index (χ0n) is 19.5. The van der Waals surface area contributed by atoms with Crippen molar-refractivity contribution >= 4 is 36.3 Å². The van der Waals surface area contributed by atoms with E-state index < -0.39 is 47.9 Å². The van der Waals surface area contributed by atoms with E-state index in [0.717, 1.165) is 5.56 Å². The van der Waals surface area contributed by atoms with Gasteiger partial charge < -0.3 is 36.5 Å². The molecule has 4 unspecified atom stereocenters. The highest BCUT2D eigenvalue weighted by Crippen LogP contribution is 2.20. The Bertz CT molecular complexity index is 1060. The van der Waals surface area contributed by atoms with Crippen LogP contribution in [-0.4, -0.2) is 85.2 Å². The van der Waals surface area contributed by atoms with E-state index >= 15 is 0 Å². The monoisotopic (exact) mass is 518 g/mol. The predicted molar refractivity (Wildman–Crippen MR) is 132 cm³/mol. The second-order valence-corrected chi connectivity index (χ2v) is 8.96. The molecule has 3 rings (SSSR count). The summed E-state index contributed by atoms with van der Waals surface area (Å²) in [5, 5.41) is 23.7. The van der Waals surface area contributed by atoms with Gasteiger partial charge in [-0.15, -0.1) is 0 Å². The standard InChI is InChI=1S/C23H30N6O6S/c24-16(8-13-3-5-15(30)6-4-13)22(33)29-7-1-2-19(29)21(32)27-17(9-14-10-25-12-26-14)20(31)28-18(11-36)23(34)35/h3-6,10,12,16-19,30,36H,1-2,7-9,11,24H2,(H,25,26)(H,27,32)(H,28,31)(H,34,35). The number of carbonyl (C=O) groups is 4. The lowest BCUT2D eigenvalue weighted by Gasteiger charge is -2.28. The van der Waals surface area contributed by atoms with Crippen LogP contribution in [0.4, 0.5) is 0 Å². The second-order valence-electron chi connectivity index (χ2n) is 8.59. The molecule has 0 aliphatic carbocycles. The third kappa shape index (κ3) is 6.98. The summed E-state index contributed by atoms with van der Waals surface area (Å²) < 4.78 is 0. The number of carbonyl (C=O) groups excluding carboxylic acids is 3. The van der Waals surface area contributed by atoms with Crippen molar-refractivity contribution in [1.29, 1.82) is 0 Å². The van der Waals surface area contributed by atoms with Gasteiger partial charge in [-0.3, -0.25) is 14.4 Å². The number of H-pyrrole nitrogens is 1. The number of nitrogens with zero attached hydrogens (tertiary/aromatic N) is 2. The average molecular weight is 519 g/mol. The summed E-state index contributed by atoms with van der Waals surface area (Å²) in [6.07, 6.45) is 4.18. The molecule has 194 valence electrons. The number of aliphatic carboxylic acids is 1. The summed E-state index contributed by atoms with van der Waals surface area (Å²) in [5.41, 5.74) is 7.47. The van der Waals surface area contributed by atoms with Gasteiger partial charge in [0.05, 0.1) is 12.4 Å². The van der Waals surface area contributed by atoms with Crippen molar-refractivity contribution in [2.24, 2.45) is 5.73 Å². The summed E-state index contributed by atoms with van der Waals surface area (Å²) in [6.45, 7) is 0.346. The van der Waals surface area contributed by atoms with Crippen molar-refractivity contribution in [1.82, 2.24) is 25.5 Å². The molecule has 2 aromatic rings. The van der Waals surface area contributed by atoms with Gasteiger partial charge in [0.1, 0.15) is 23.9 Å². The fraction of sp³-hybridized carbons (Fsp3) is 0.435. The molecule has 0 radical (unpaired) electrons. The maximum atomic E-state index is 13.2. The Balaban J connectivity index is 1.69. The van der Waals surface area contributed by atoms with Crippen LogP contribution < -0.4 is 16.4 Å². The number of benzene rings is 1. The van der Waals surface area contributed by atoms with Gasteiger partial charge in [0.15, 0.2) is 0 Å². The molecular weight excluding hydrogens is 488 g/mol. The number of aromatic nitrogens is 2. The number of imidazole rings is 1. The lowest BCUT2D eigenvalue weighted by molar-refractivity contribution is -0.142. The zero-order valence-corrected chi connectivity index (χ0v) is 20.4. The minimum Gasteiger partial charge on any atom is -0.508 e. The van der Waals surface area contributed by atoms with E-state index in [1.807, 2.05) is 0 Å². The first-order valence-corrected chi connectivity index (χ1v) is 12.1. The van der Waals surface area contributed by atoms with Crippen molar-refractivity contribution in [2.45, 2.75) is 49.9 Å². The van der Waals surface area contributed by atoms with Gasteiger partial charge in [0.25, 0.3) is 0 Å². The van der Waals surface area contributed by atoms with E-state index in [2.05, 4.69) is 33.2 Å². The van der Waals surface area contributed by atoms with E-state index in [-0.39, 0.29) is 24.3 Å². The lowest BCUT2D eigenvalue weighted by atomic mass is 10.0. The van der Waals surface area contributed by atoms with Crippen LogP contribution in [0.2, 0.25) is 0 Å². The number of carboxylic acid groups (broad SMARTS) is 1. The summed E-state index contributed by atoms with van der Waals surface area (Å²) in [5.74, 6) is -2.89. The Morgan fingerprint density at radius 3 is 2.50 bits per heavy atom. The topological polar surface area (TPSA) is 191 Å². The van der Waals surface area contributed by atoms with E-state index in [9.17, 15) is 29.4 Å². The molecular formula is C23H30N6O6S. The number of amides is 3. The van der Waals surface area contributed by atoms with Gasteiger partial charge in [-0.2, -0.15) is 12.6 Å². The Morgan fingerprint density at radius 1 is 1.17 bits per heavy atom. The number of nitrogens with two attached hydrogens (primary N) is 1. The number of nitrogens with one attached hydrogen (secondary N) is 3. The van der Waals surface area contributed by atoms with Gasteiger partial charge >= 0.3 is 5.97 Å². The van der Waals surface area contributed by atoms with Crippen LogP contribution >= 0.6 is 12.6 Å². The number of likely N-dealkylation sites (tertiary alicyclic amines) is 1. The van der Waals surface area contributed by atoms with Gasteiger partial charge in [-0.25, -0.2) is 9.78 Å². The number of aromatic amines is 1. The number of thiol groups is 1. The molecule has 2 heterocycles. The summed E-state index contributed by atoms with van der Waals surface area (Å²) in [6, 6.07) is 2.31. The van der Waals surface area contributed by atoms with Crippen molar-refractivity contribution in [3.63, 3.8) is 0 Å². The molecule has 0 bridgehead atoms. The molecule has 1 saturated heterocycles. The molecule has 1 fully saturated rings.